The van der Waals surface area contributed by atoms with E-state index in [1.165, 1.54) is 13.2 Å². The molecule has 0 atom stereocenters. The maximum Gasteiger partial charge on any atom is 0.235 e. The lowest BCUT2D eigenvalue weighted by atomic mass is 10.1. The standard InChI is InChI=1S/C25H21NO6/c1-14-11-15(2)23-19(12-14)22(29)25(24(32-23)21-5-4-10-30-21)31-13-20(28)17-6-8-18(9-7-17)26-16(3)27/h4-12H,13H2,1-3H3,(H,26,27). The minimum atomic E-state index is -0.377. The van der Waals surface area contributed by atoms with Crippen LogP contribution < -0.4 is 15.5 Å². The summed E-state index contributed by atoms with van der Waals surface area (Å²) < 4.78 is 17.2. The molecule has 1 N–H and O–H groups in total. The predicted octanol–water partition coefficient (Wildman–Crippen LogP) is 4.89. The van der Waals surface area contributed by atoms with Crippen LogP contribution in [-0.4, -0.2) is 18.3 Å². The van der Waals surface area contributed by atoms with E-state index in [0.717, 1.165) is 11.1 Å². The average molecular weight is 431 g/mol. The molecule has 0 fully saturated rings. The zero-order valence-electron chi connectivity index (χ0n) is 17.9. The Balaban J connectivity index is 1.68. The van der Waals surface area contributed by atoms with Crippen LogP contribution in [0.25, 0.3) is 22.5 Å². The number of Topliss-reactive ketones (excluding diaryl/α,β-unsaturated/α-hetero) is 1. The zero-order chi connectivity index (χ0) is 22.8. The van der Waals surface area contributed by atoms with Crippen LogP contribution in [0.4, 0.5) is 5.69 Å². The summed E-state index contributed by atoms with van der Waals surface area (Å²) in [5.41, 5.74) is 2.75. The fourth-order valence-corrected chi connectivity index (χ4v) is 3.50. The van der Waals surface area contributed by atoms with E-state index in [-0.39, 0.29) is 35.2 Å². The van der Waals surface area contributed by atoms with Gasteiger partial charge in [0.25, 0.3) is 0 Å². The first-order valence-corrected chi connectivity index (χ1v) is 9.99. The molecule has 0 spiro atoms. The monoisotopic (exact) mass is 431 g/mol. The summed E-state index contributed by atoms with van der Waals surface area (Å²) in [7, 11) is 0. The second-order valence-corrected chi connectivity index (χ2v) is 7.50. The zero-order valence-corrected chi connectivity index (χ0v) is 17.9. The topological polar surface area (TPSA) is 98.8 Å². The molecule has 0 aliphatic rings. The van der Waals surface area contributed by atoms with Crippen LogP contribution >= 0.6 is 0 Å². The number of rotatable bonds is 6. The van der Waals surface area contributed by atoms with Crippen LogP contribution in [0.2, 0.25) is 0 Å². The molecule has 32 heavy (non-hydrogen) atoms. The number of ether oxygens (including phenoxy) is 1. The molecule has 2 aromatic carbocycles. The van der Waals surface area contributed by atoms with Crippen molar-refractivity contribution in [1.82, 2.24) is 0 Å². The molecule has 2 aromatic heterocycles. The van der Waals surface area contributed by atoms with Gasteiger partial charge in [-0.05, 0) is 67.4 Å². The van der Waals surface area contributed by atoms with Gasteiger partial charge in [0, 0.05) is 18.2 Å². The molecule has 7 heteroatoms. The Kier molecular flexibility index (Phi) is 5.64. The van der Waals surface area contributed by atoms with E-state index >= 15 is 0 Å². The minimum absolute atomic E-state index is 0.0827. The van der Waals surface area contributed by atoms with E-state index in [1.807, 2.05) is 19.9 Å². The molecule has 4 rings (SSSR count). The number of carbonyl (C=O) groups excluding carboxylic acids is 2. The van der Waals surface area contributed by atoms with Crippen molar-refractivity contribution in [3.63, 3.8) is 0 Å². The molecule has 2 heterocycles. The van der Waals surface area contributed by atoms with Gasteiger partial charge >= 0.3 is 0 Å². The van der Waals surface area contributed by atoms with Crippen LogP contribution in [0, 0.1) is 13.8 Å². The Hall–Kier alpha value is -4.13. The predicted molar refractivity (Wildman–Crippen MR) is 120 cm³/mol. The van der Waals surface area contributed by atoms with Gasteiger partial charge in [0.15, 0.2) is 18.2 Å². The summed E-state index contributed by atoms with van der Waals surface area (Å²) >= 11 is 0. The van der Waals surface area contributed by atoms with Gasteiger partial charge in [-0.1, -0.05) is 6.07 Å². The Labute approximate surface area is 183 Å². The number of hydrogen-bond acceptors (Lipinski definition) is 6. The highest BCUT2D eigenvalue weighted by Gasteiger charge is 2.22. The van der Waals surface area contributed by atoms with Crippen molar-refractivity contribution < 1.29 is 23.2 Å². The lowest BCUT2D eigenvalue weighted by Gasteiger charge is -2.12. The van der Waals surface area contributed by atoms with Gasteiger partial charge in [-0.3, -0.25) is 14.4 Å². The minimum Gasteiger partial charge on any atom is -0.478 e. The van der Waals surface area contributed by atoms with Crippen molar-refractivity contribution in [3.05, 3.63) is 81.7 Å². The third-order valence-corrected chi connectivity index (χ3v) is 4.90. The number of furan rings is 1. The van der Waals surface area contributed by atoms with E-state index in [9.17, 15) is 14.4 Å². The van der Waals surface area contributed by atoms with Crippen LogP contribution in [0.15, 0.2) is 68.4 Å². The van der Waals surface area contributed by atoms with E-state index in [0.29, 0.717) is 28.0 Å². The summed E-state index contributed by atoms with van der Waals surface area (Å²) in [5, 5.41) is 3.01. The van der Waals surface area contributed by atoms with Crippen molar-refractivity contribution >= 4 is 28.3 Å². The van der Waals surface area contributed by atoms with Crippen molar-refractivity contribution in [1.29, 1.82) is 0 Å². The van der Waals surface area contributed by atoms with E-state index in [1.54, 1.807) is 42.5 Å². The van der Waals surface area contributed by atoms with Gasteiger partial charge in [-0.15, -0.1) is 0 Å². The number of aryl methyl sites for hydroxylation is 2. The van der Waals surface area contributed by atoms with E-state index < -0.39 is 0 Å². The first-order valence-electron chi connectivity index (χ1n) is 9.99. The van der Waals surface area contributed by atoms with Crippen molar-refractivity contribution in [3.8, 4) is 17.3 Å². The van der Waals surface area contributed by atoms with Crippen LogP contribution in [0.3, 0.4) is 0 Å². The number of benzene rings is 2. The van der Waals surface area contributed by atoms with Crippen molar-refractivity contribution in [2.75, 3.05) is 11.9 Å². The van der Waals surface area contributed by atoms with E-state index in [2.05, 4.69) is 5.32 Å². The van der Waals surface area contributed by atoms with E-state index in [4.69, 9.17) is 13.6 Å². The Morgan fingerprint density at radius 3 is 2.47 bits per heavy atom. The van der Waals surface area contributed by atoms with Crippen LogP contribution in [0.5, 0.6) is 5.75 Å². The maximum atomic E-state index is 13.3. The summed E-state index contributed by atoms with van der Waals surface area (Å²) in [6.07, 6.45) is 1.47. The quantitative estimate of drug-likeness (QED) is 0.437. The smallest absolute Gasteiger partial charge is 0.235 e. The first kappa shape index (κ1) is 21.1. The number of hydrogen-bond donors (Lipinski definition) is 1. The SMILES string of the molecule is CC(=O)Nc1ccc(C(=O)COc2c(-c3ccco3)oc3c(C)cc(C)cc3c2=O)cc1. The molecule has 0 aliphatic carbocycles. The lowest BCUT2D eigenvalue weighted by molar-refractivity contribution is -0.114. The number of anilines is 1. The Morgan fingerprint density at radius 1 is 1.06 bits per heavy atom. The molecule has 162 valence electrons. The highest BCUT2D eigenvalue weighted by atomic mass is 16.5. The number of ketones is 1. The van der Waals surface area contributed by atoms with Crippen molar-refractivity contribution in [2.24, 2.45) is 0 Å². The second kappa shape index (κ2) is 8.55. The fourth-order valence-electron chi connectivity index (χ4n) is 3.50. The normalized spacial score (nSPS) is 10.8. The molecule has 4 aromatic rings. The lowest BCUT2D eigenvalue weighted by Crippen LogP contribution is -2.17. The van der Waals surface area contributed by atoms with Gasteiger partial charge in [-0.25, -0.2) is 0 Å². The molecular formula is C25H21NO6. The molecular weight excluding hydrogens is 410 g/mol. The molecule has 1 amide bonds. The third kappa shape index (κ3) is 4.18. The van der Waals surface area contributed by atoms with Crippen LogP contribution in [-0.2, 0) is 4.79 Å². The van der Waals surface area contributed by atoms with Gasteiger partial charge < -0.3 is 18.9 Å². The highest BCUT2D eigenvalue weighted by Crippen LogP contribution is 2.32. The fraction of sp³-hybridized carbons (Fsp3) is 0.160. The molecule has 0 unspecified atom stereocenters. The van der Waals surface area contributed by atoms with Gasteiger partial charge in [0.1, 0.15) is 5.58 Å². The summed E-state index contributed by atoms with van der Waals surface area (Å²) in [5.74, 6) is -0.156. The molecule has 0 saturated carbocycles. The molecule has 7 nitrogen and oxygen atoms in total. The molecule has 0 bridgehead atoms. The van der Waals surface area contributed by atoms with Gasteiger partial charge in [-0.2, -0.15) is 0 Å². The Morgan fingerprint density at radius 2 is 1.81 bits per heavy atom. The number of carbonyl (C=O) groups is 2. The molecule has 0 aliphatic heterocycles. The molecule has 0 radical (unpaired) electrons. The van der Waals surface area contributed by atoms with Crippen molar-refractivity contribution in [2.45, 2.75) is 20.8 Å². The summed E-state index contributed by atoms with van der Waals surface area (Å²) in [6, 6.07) is 13.4. The molecule has 0 saturated heterocycles. The van der Waals surface area contributed by atoms with Gasteiger partial charge in [0.05, 0.1) is 11.6 Å². The highest BCUT2D eigenvalue weighted by molar-refractivity contribution is 5.98. The van der Waals surface area contributed by atoms with Crippen LogP contribution in [0.1, 0.15) is 28.4 Å². The Bertz CT molecular complexity index is 1360. The number of nitrogens with one attached hydrogen (secondary N) is 1. The largest absolute Gasteiger partial charge is 0.478 e. The summed E-state index contributed by atoms with van der Waals surface area (Å²) in [4.78, 5) is 37.1. The number of amides is 1. The number of fused-ring (bicyclic) bond motifs is 1. The first-order chi connectivity index (χ1) is 15.3. The summed E-state index contributed by atoms with van der Waals surface area (Å²) in [6.45, 7) is 4.79. The second-order valence-electron chi connectivity index (χ2n) is 7.50. The third-order valence-electron chi connectivity index (χ3n) is 4.90. The maximum absolute atomic E-state index is 13.3. The van der Waals surface area contributed by atoms with Gasteiger partial charge in [0.2, 0.25) is 22.8 Å². The average Bonchev–Trinajstić information content (AvgIpc) is 3.28.